The summed E-state index contributed by atoms with van der Waals surface area (Å²) in [5.74, 6) is 8.24. The summed E-state index contributed by atoms with van der Waals surface area (Å²) >= 11 is 0. The van der Waals surface area contributed by atoms with Gasteiger partial charge in [-0.2, -0.15) is 0 Å². The molecule has 0 saturated heterocycles. The molecule has 0 aromatic heterocycles. The molecule has 7 unspecified atom stereocenters. The minimum absolute atomic E-state index is 0.874. The fourth-order valence-electron chi connectivity index (χ4n) is 7.40. The van der Waals surface area contributed by atoms with E-state index in [0.29, 0.717) is 0 Å². The third-order valence-corrected chi connectivity index (χ3v) is 11.1. The van der Waals surface area contributed by atoms with E-state index in [1.807, 2.05) is 0 Å². The first kappa shape index (κ1) is 43.0. The highest BCUT2D eigenvalue weighted by Gasteiger charge is 2.12. The van der Waals surface area contributed by atoms with Crippen LogP contribution in [0.4, 0.5) is 0 Å². The molecule has 0 bridgehead atoms. The Hall–Kier alpha value is 0. The van der Waals surface area contributed by atoms with E-state index < -0.39 is 0 Å². The predicted octanol–water partition coefficient (Wildman–Crippen LogP) is 15.7. The Morgan fingerprint density at radius 3 is 0.488 bits per heavy atom. The lowest BCUT2D eigenvalue weighted by Crippen LogP contribution is -2.04. The second kappa shape index (κ2) is 28.2. The SMILES string of the molecule is CC(C)CCCC(C)CCCC(C)CCCC(C)CCCC(C)CCC(C)CCCC(C)CCCC(C)CCCC(C)C. The fourth-order valence-corrected chi connectivity index (χ4v) is 7.40. The molecule has 0 fully saturated rings. The van der Waals surface area contributed by atoms with Crippen LogP contribution in [0, 0.1) is 53.3 Å². The van der Waals surface area contributed by atoms with E-state index in [0.717, 1.165) is 53.3 Å². The van der Waals surface area contributed by atoms with Gasteiger partial charge in [0, 0.05) is 0 Å². The summed E-state index contributed by atoms with van der Waals surface area (Å²) in [7, 11) is 0. The Morgan fingerprint density at radius 2 is 0.326 bits per heavy atom. The van der Waals surface area contributed by atoms with Crippen LogP contribution in [0.1, 0.15) is 224 Å². The first-order valence-electron chi connectivity index (χ1n) is 20.4. The minimum atomic E-state index is 0.874. The Kier molecular flexibility index (Phi) is 28.2. The van der Waals surface area contributed by atoms with E-state index in [2.05, 4.69) is 76.2 Å². The van der Waals surface area contributed by atoms with Gasteiger partial charge in [-0.15, -0.1) is 0 Å². The molecule has 0 aliphatic heterocycles. The summed E-state index contributed by atoms with van der Waals surface area (Å²) in [5.41, 5.74) is 0. The molecule has 0 N–H and O–H groups in total. The average molecular weight is 605 g/mol. The van der Waals surface area contributed by atoms with Crippen molar-refractivity contribution in [1.82, 2.24) is 0 Å². The lowest BCUT2D eigenvalue weighted by Gasteiger charge is -2.18. The van der Waals surface area contributed by atoms with Gasteiger partial charge < -0.3 is 0 Å². The predicted molar refractivity (Wildman–Crippen MR) is 200 cm³/mol. The summed E-state index contributed by atoms with van der Waals surface area (Å²) < 4.78 is 0. The van der Waals surface area contributed by atoms with Crippen molar-refractivity contribution in [2.45, 2.75) is 224 Å². The van der Waals surface area contributed by atoms with Gasteiger partial charge in [0.2, 0.25) is 0 Å². The van der Waals surface area contributed by atoms with Crippen molar-refractivity contribution in [3.8, 4) is 0 Å². The van der Waals surface area contributed by atoms with Crippen LogP contribution in [-0.4, -0.2) is 0 Å². The lowest BCUT2D eigenvalue weighted by molar-refractivity contribution is 0.345. The topological polar surface area (TPSA) is 0 Å². The van der Waals surface area contributed by atoms with Crippen molar-refractivity contribution < 1.29 is 0 Å². The van der Waals surface area contributed by atoms with Crippen LogP contribution in [0.25, 0.3) is 0 Å². The van der Waals surface area contributed by atoms with E-state index in [1.54, 1.807) is 0 Å². The number of hydrogen-bond acceptors (Lipinski definition) is 0. The molecule has 260 valence electrons. The zero-order chi connectivity index (χ0) is 32.5. The van der Waals surface area contributed by atoms with Crippen molar-refractivity contribution in [1.29, 1.82) is 0 Å². The van der Waals surface area contributed by atoms with Gasteiger partial charge in [-0.1, -0.05) is 224 Å². The van der Waals surface area contributed by atoms with Crippen molar-refractivity contribution in [2.75, 3.05) is 0 Å². The van der Waals surface area contributed by atoms with Crippen molar-refractivity contribution in [2.24, 2.45) is 53.3 Å². The zero-order valence-electron chi connectivity index (χ0n) is 32.5. The van der Waals surface area contributed by atoms with Crippen LogP contribution < -0.4 is 0 Å². The summed E-state index contributed by atoms with van der Waals surface area (Å²) in [6.07, 6.45) is 33.3. The van der Waals surface area contributed by atoms with Gasteiger partial charge in [-0.25, -0.2) is 0 Å². The second-order valence-electron chi connectivity index (χ2n) is 17.6. The van der Waals surface area contributed by atoms with Crippen molar-refractivity contribution in [3.05, 3.63) is 0 Å². The molecule has 0 radical (unpaired) electrons. The van der Waals surface area contributed by atoms with Crippen LogP contribution in [0.5, 0.6) is 0 Å². The van der Waals surface area contributed by atoms with Gasteiger partial charge >= 0.3 is 0 Å². The minimum Gasteiger partial charge on any atom is -0.0628 e. The second-order valence-corrected chi connectivity index (χ2v) is 17.6. The van der Waals surface area contributed by atoms with Crippen LogP contribution in [0.15, 0.2) is 0 Å². The van der Waals surface area contributed by atoms with E-state index in [-0.39, 0.29) is 0 Å². The molecule has 0 nitrogen and oxygen atoms in total. The maximum Gasteiger partial charge on any atom is -0.0443 e. The van der Waals surface area contributed by atoms with E-state index in [4.69, 9.17) is 0 Å². The van der Waals surface area contributed by atoms with Crippen LogP contribution >= 0.6 is 0 Å². The normalized spacial score (nSPS) is 17.2. The molecule has 0 aliphatic carbocycles. The largest absolute Gasteiger partial charge is 0.0628 e. The Labute approximate surface area is 276 Å². The quantitative estimate of drug-likeness (QED) is 0.0738. The van der Waals surface area contributed by atoms with Gasteiger partial charge in [0.1, 0.15) is 0 Å². The van der Waals surface area contributed by atoms with E-state index in [1.165, 1.54) is 148 Å². The fraction of sp³-hybridized carbons (Fsp3) is 1.00. The monoisotopic (exact) mass is 605 g/mol. The number of rotatable bonds is 31. The number of hydrogen-bond donors (Lipinski definition) is 0. The summed E-state index contributed by atoms with van der Waals surface area (Å²) in [4.78, 5) is 0. The highest BCUT2D eigenvalue weighted by molar-refractivity contribution is 4.65. The molecule has 0 saturated carbocycles. The molecule has 0 heteroatoms. The van der Waals surface area contributed by atoms with Crippen molar-refractivity contribution >= 4 is 0 Å². The first-order chi connectivity index (χ1) is 20.4. The summed E-state index contributed by atoms with van der Waals surface area (Å²) in [6, 6.07) is 0. The van der Waals surface area contributed by atoms with E-state index >= 15 is 0 Å². The lowest BCUT2D eigenvalue weighted by atomic mass is 9.88. The van der Waals surface area contributed by atoms with Crippen LogP contribution in [0.3, 0.4) is 0 Å². The molecule has 0 spiro atoms. The molecular formula is C43H88. The highest BCUT2D eigenvalue weighted by atomic mass is 14.2. The first-order valence-corrected chi connectivity index (χ1v) is 20.4. The van der Waals surface area contributed by atoms with Crippen LogP contribution in [-0.2, 0) is 0 Å². The van der Waals surface area contributed by atoms with Gasteiger partial charge in [0.25, 0.3) is 0 Å². The highest BCUT2D eigenvalue weighted by Crippen LogP contribution is 2.27. The van der Waals surface area contributed by atoms with Gasteiger partial charge in [0.05, 0.1) is 0 Å². The summed E-state index contributed by atoms with van der Waals surface area (Å²) in [5, 5.41) is 0. The molecule has 0 aromatic rings. The smallest absolute Gasteiger partial charge is 0.0443 e. The maximum atomic E-state index is 2.52. The van der Waals surface area contributed by atoms with Crippen LogP contribution in [0.2, 0.25) is 0 Å². The molecule has 43 heavy (non-hydrogen) atoms. The van der Waals surface area contributed by atoms with E-state index in [9.17, 15) is 0 Å². The summed E-state index contributed by atoms with van der Waals surface area (Å²) in [6.45, 7) is 27.0. The Balaban J connectivity index is 3.71. The molecule has 0 heterocycles. The molecule has 0 rings (SSSR count). The van der Waals surface area contributed by atoms with Gasteiger partial charge in [-0.05, 0) is 53.3 Å². The van der Waals surface area contributed by atoms with Gasteiger partial charge in [0.15, 0.2) is 0 Å². The molecule has 0 aromatic carbocycles. The third kappa shape index (κ3) is 30.4. The Bertz CT molecular complexity index is 560. The van der Waals surface area contributed by atoms with Gasteiger partial charge in [-0.3, -0.25) is 0 Å². The molecule has 0 aliphatic rings. The zero-order valence-corrected chi connectivity index (χ0v) is 32.5. The average Bonchev–Trinajstić information content (AvgIpc) is 2.91. The van der Waals surface area contributed by atoms with Crippen molar-refractivity contribution in [3.63, 3.8) is 0 Å². The maximum absolute atomic E-state index is 2.52. The molecule has 7 atom stereocenters. The third-order valence-electron chi connectivity index (χ3n) is 11.1. The molecular weight excluding hydrogens is 516 g/mol. The molecule has 0 amide bonds. The standard InChI is InChI=1S/C43H88/c1-35(2)19-12-21-37(5)23-14-25-39(7)27-16-28-41(9)30-18-32-43(11)34-33-42(10)31-17-29-40(8)26-15-24-38(6)22-13-20-36(3)4/h35-43H,12-34H2,1-11H3. The Morgan fingerprint density at radius 1 is 0.186 bits per heavy atom.